The van der Waals surface area contributed by atoms with Gasteiger partial charge in [-0.1, -0.05) is 23.7 Å². The van der Waals surface area contributed by atoms with E-state index >= 15 is 0 Å². The van der Waals surface area contributed by atoms with Crippen molar-refractivity contribution in [3.05, 3.63) is 52.7 Å². The number of aryl methyl sites for hydroxylation is 1. The molecular formula is C23H28ClN5O3. The first-order chi connectivity index (χ1) is 15.3. The molecule has 2 fully saturated rings. The van der Waals surface area contributed by atoms with Crippen LogP contribution in [0, 0.1) is 12.8 Å². The Morgan fingerprint density at radius 3 is 2.34 bits per heavy atom. The Morgan fingerprint density at radius 2 is 1.75 bits per heavy atom. The van der Waals surface area contributed by atoms with Crippen molar-refractivity contribution >= 4 is 29.4 Å². The molecule has 0 unspecified atom stereocenters. The molecule has 2 aliphatic rings. The van der Waals surface area contributed by atoms with E-state index in [2.05, 4.69) is 15.1 Å². The van der Waals surface area contributed by atoms with Crippen LogP contribution in [0.2, 0.25) is 5.02 Å². The van der Waals surface area contributed by atoms with Crippen LogP contribution >= 0.6 is 11.6 Å². The predicted octanol–water partition coefficient (Wildman–Crippen LogP) is 3.26. The number of carbonyl (C=O) groups is 2. The number of aromatic nitrogens is 2. The summed E-state index contributed by atoms with van der Waals surface area (Å²) in [4.78, 5) is 30.4. The standard InChI is InChI=1S/C23H28ClN5O3/c1-15-3-8-21(26-25-15)28-11-9-17(10-12-28)22(30)29-13-19(16-4-6-18(24)7-5-16)20(14-29)27(2)23(31)32/h3-8,17,19-20H,9-14H2,1-2H3,(H,31,32)/t19-,20+/m0/s1. The normalized spacial score (nSPS) is 21.6. The van der Waals surface area contributed by atoms with E-state index < -0.39 is 6.09 Å². The topological polar surface area (TPSA) is 89.9 Å². The first kappa shape index (κ1) is 22.3. The molecule has 9 heteroatoms. The summed E-state index contributed by atoms with van der Waals surface area (Å²) in [6.45, 7) is 4.32. The summed E-state index contributed by atoms with van der Waals surface area (Å²) in [5, 5.41) is 18.6. The molecule has 2 saturated heterocycles. The molecule has 0 bridgehead atoms. The molecule has 170 valence electrons. The number of carboxylic acid groups (broad SMARTS) is 1. The molecule has 32 heavy (non-hydrogen) atoms. The van der Waals surface area contributed by atoms with Crippen molar-refractivity contribution in [3.8, 4) is 0 Å². The minimum atomic E-state index is -0.990. The van der Waals surface area contributed by atoms with Crippen LogP contribution in [0.5, 0.6) is 0 Å². The first-order valence-electron chi connectivity index (χ1n) is 10.9. The number of carbonyl (C=O) groups excluding carboxylic acids is 1. The van der Waals surface area contributed by atoms with Crippen molar-refractivity contribution in [1.29, 1.82) is 0 Å². The van der Waals surface area contributed by atoms with E-state index in [1.54, 1.807) is 7.05 Å². The van der Waals surface area contributed by atoms with E-state index in [1.807, 2.05) is 48.2 Å². The number of likely N-dealkylation sites (tertiary alicyclic amines) is 1. The molecule has 1 N–H and O–H groups in total. The molecule has 0 spiro atoms. The number of halogens is 1. The number of anilines is 1. The van der Waals surface area contributed by atoms with Gasteiger partial charge in [-0.25, -0.2) is 4.79 Å². The van der Waals surface area contributed by atoms with Gasteiger partial charge in [-0.05, 0) is 49.6 Å². The molecule has 0 saturated carbocycles. The number of piperidine rings is 1. The molecule has 4 rings (SSSR count). The van der Waals surface area contributed by atoms with Gasteiger partial charge in [0.05, 0.1) is 11.7 Å². The first-order valence-corrected chi connectivity index (χ1v) is 11.3. The molecule has 1 aromatic carbocycles. The van der Waals surface area contributed by atoms with Crippen LogP contribution in [0.4, 0.5) is 10.6 Å². The second-order valence-electron chi connectivity index (χ2n) is 8.66. The number of rotatable bonds is 4. The van der Waals surface area contributed by atoms with E-state index in [1.165, 1.54) is 4.90 Å². The number of likely N-dealkylation sites (N-methyl/N-ethyl adjacent to an activating group) is 1. The number of hydrogen-bond acceptors (Lipinski definition) is 5. The van der Waals surface area contributed by atoms with Gasteiger partial charge < -0.3 is 19.8 Å². The lowest BCUT2D eigenvalue weighted by Crippen LogP contribution is -2.44. The van der Waals surface area contributed by atoms with E-state index in [9.17, 15) is 14.7 Å². The SMILES string of the molecule is Cc1ccc(N2CCC(C(=O)N3C[C@@H](N(C)C(=O)O)[C@H](c4ccc(Cl)cc4)C3)CC2)nn1. The fraction of sp³-hybridized carbons (Fsp3) is 0.478. The lowest BCUT2D eigenvalue weighted by atomic mass is 9.93. The van der Waals surface area contributed by atoms with Crippen LogP contribution in [-0.4, -0.2) is 76.4 Å². The van der Waals surface area contributed by atoms with Crippen LogP contribution in [0.25, 0.3) is 0 Å². The molecule has 2 aliphatic heterocycles. The molecule has 0 aliphatic carbocycles. The number of hydrogen-bond donors (Lipinski definition) is 1. The summed E-state index contributed by atoms with van der Waals surface area (Å²) >= 11 is 6.03. The van der Waals surface area contributed by atoms with Crippen LogP contribution in [-0.2, 0) is 4.79 Å². The Balaban J connectivity index is 1.43. The number of benzene rings is 1. The smallest absolute Gasteiger partial charge is 0.407 e. The minimum absolute atomic E-state index is 0.0654. The maximum atomic E-state index is 13.3. The summed E-state index contributed by atoms with van der Waals surface area (Å²) in [6, 6.07) is 11.1. The van der Waals surface area contributed by atoms with Crippen molar-refractivity contribution < 1.29 is 14.7 Å². The minimum Gasteiger partial charge on any atom is -0.465 e. The van der Waals surface area contributed by atoms with Gasteiger partial charge in [0.25, 0.3) is 0 Å². The Hall–Kier alpha value is -2.87. The van der Waals surface area contributed by atoms with Gasteiger partial charge in [0.1, 0.15) is 0 Å². The monoisotopic (exact) mass is 457 g/mol. The molecule has 2 atom stereocenters. The van der Waals surface area contributed by atoms with Crippen molar-refractivity contribution in [1.82, 2.24) is 20.0 Å². The summed E-state index contributed by atoms with van der Waals surface area (Å²) in [6.07, 6.45) is 0.502. The van der Waals surface area contributed by atoms with E-state index in [0.29, 0.717) is 18.1 Å². The average molecular weight is 458 g/mol. The average Bonchev–Trinajstić information content (AvgIpc) is 3.24. The molecule has 2 amide bonds. The molecule has 3 heterocycles. The Bertz CT molecular complexity index is 961. The van der Waals surface area contributed by atoms with Gasteiger partial charge in [-0.3, -0.25) is 4.79 Å². The van der Waals surface area contributed by atoms with E-state index in [-0.39, 0.29) is 23.8 Å². The third kappa shape index (κ3) is 4.65. The molecule has 2 aromatic rings. The van der Waals surface area contributed by atoms with E-state index in [4.69, 9.17) is 11.6 Å². The highest BCUT2D eigenvalue weighted by Crippen LogP contribution is 2.34. The second kappa shape index (κ2) is 9.32. The third-order valence-corrected chi connectivity index (χ3v) is 6.90. The number of nitrogens with zero attached hydrogens (tertiary/aromatic N) is 5. The van der Waals surface area contributed by atoms with Crippen LogP contribution in [0.1, 0.15) is 30.0 Å². The zero-order valence-electron chi connectivity index (χ0n) is 18.3. The van der Waals surface area contributed by atoms with Crippen molar-refractivity contribution in [2.24, 2.45) is 5.92 Å². The second-order valence-corrected chi connectivity index (χ2v) is 9.09. The molecular weight excluding hydrogens is 430 g/mol. The highest BCUT2D eigenvalue weighted by Gasteiger charge is 2.42. The summed E-state index contributed by atoms with van der Waals surface area (Å²) in [5.74, 6) is 0.804. The van der Waals surface area contributed by atoms with Gasteiger partial charge in [0.15, 0.2) is 5.82 Å². The van der Waals surface area contributed by atoms with Crippen LogP contribution in [0.3, 0.4) is 0 Å². The molecule has 1 aromatic heterocycles. The van der Waals surface area contributed by atoms with Crippen LogP contribution < -0.4 is 4.90 Å². The third-order valence-electron chi connectivity index (χ3n) is 6.65. The van der Waals surface area contributed by atoms with Crippen molar-refractivity contribution in [2.75, 3.05) is 38.1 Å². The van der Waals surface area contributed by atoms with Crippen molar-refractivity contribution in [3.63, 3.8) is 0 Å². The molecule has 0 radical (unpaired) electrons. The van der Waals surface area contributed by atoms with E-state index in [0.717, 1.165) is 43.0 Å². The lowest BCUT2D eigenvalue weighted by Gasteiger charge is -2.33. The zero-order chi connectivity index (χ0) is 22.8. The Morgan fingerprint density at radius 1 is 1.06 bits per heavy atom. The lowest BCUT2D eigenvalue weighted by molar-refractivity contribution is -0.135. The summed E-state index contributed by atoms with van der Waals surface area (Å²) in [5.41, 5.74) is 1.87. The Labute approximate surface area is 192 Å². The number of amides is 2. The largest absolute Gasteiger partial charge is 0.465 e. The molecule has 8 nitrogen and oxygen atoms in total. The zero-order valence-corrected chi connectivity index (χ0v) is 19.1. The van der Waals surface area contributed by atoms with Gasteiger partial charge in [-0.2, -0.15) is 5.10 Å². The summed E-state index contributed by atoms with van der Waals surface area (Å²) < 4.78 is 0. The van der Waals surface area contributed by atoms with Crippen LogP contribution in [0.15, 0.2) is 36.4 Å². The van der Waals surface area contributed by atoms with Gasteiger partial charge in [0, 0.05) is 50.1 Å². The van der Waals surface area contributed by atoms with Gasteiger partial charge >= 0.3 is 6.09 Å². The predicted molar refractivity (Wildman–Crippen MR) is 122 cm³/mol. The highest BCUT2D eigenvalue weighted by atomic mass is 35.5. The Kier molecular flexibility index (Phi) is 6.50. The maximum Gasteiger partial charge on any atom is 0.407 e. The highest BCUT2D eigenvalue weighted by molar-refractivity contribution is 6.30. The van der Waals surface area contributed by atoms with Gasteiger partial charge in [0.2, 0.25) is 5.91 Å². The maximum absolute atomic E-state index is 13.3. The fourth-order valence-corrected chi connectivity index (χ4v) is 4.84. The van der Waals surface area contributed by atoms with Gasteiger partial charge in [-0.15, -0.1) is 5.10 Å². The van der Waals surface area contributed by atoms with Crippen molar-refractivity contribution in [2.45, 2.75) is 31.7 Å². The summed E-state index contributed by atoms with van der Waals surface area (Å²) in [7, 11) is 1.57. The fourth-order valence-electron chi connectivity index (χ4n) is 4.71. The quantitative estimate of drug-likeness (QED) is 0.757.